The molecule has 152 valence electrons. The van der Waals surface area contributed by atoms with Gasteiger partial charge < -0.3 is 14.8 Å². The zero-order chi connectivity index (χ0) is 21.3. The van der Waals surface area contributed by atoms with Gasteiger partial charge in [0.25, 0.3) is 0 Å². The fraction of sp³-hybridized carbons (Fsp3) is 0.0455. The number of hydrogen-bond donors (Lipinski definition) is 3. The van der Waals surface area contributed by atoms with E-state index in [9.17, 15) is 4.79 Å². The first-order chi connectivity index (χ1) is 14.5. The van der Waals surface area contributed by atoms with Gasteiger partial charge in [-0.3, -0.25) is 0 Å². The Labute approximate surface area is 184 Å². The highest BCUT2D eigenvalue weighted by Crippen LogP contribution is 2.28. The first-order valence-corrected chi connectivity index (χ1v) is 9.70. The summed E-state index contributed by atoms with van der Waals surface area (Å²) in [6, 6.07) is 21.2. The second-order valence-electron chi connectivity index (χ2n) is 6.04. The standard InChI is InChI=1S/C22H18ClN3O3S/c1-28-20-13-15(14-24-26-22(30)25-18-5-3-2-4-6-18)7-12-19(20)29-21(27)16-8-10-17(23)11-9-16/h2-14H,1H3,(H2,25,26,30)/p+1. The molecule has 3 aromatic rings. The highest BCUT2D eigenvalue weighted by Gasteiger charge is 2.13. The van der Waals surface area contributed by atoms with Crippen molar-refractivity contribution < 1.29 is 19.4 Å². The van der Waals surface area contributed by atoms with E-state index in [0.29, 0.717) is 27.2 Å². The van der Waals surface area contributed by atoms with Crippen molar-refractivity contribution in [2.45, 2.75) is 0 Å². The van der Waals surface area contributed by atoms with Crippen LogP contribution in [0.4, 0.5) is 5.69 Å². The number of thiocarbonyl (C=S) groups is 1. The summed E-state index contributed by atoms with van der Waals surface area (Å²) in [5.41, 5.74) is 4.92. The normalized spacial score (nSPS) is 10.5. The molecule has 0 aliphatic rings. The molecule has 30 heavy (non-hydrogen) atoms. The number of carbonyl (C=O) groups excluding carboxylic acids is 1. The summed E-state index contributed by atoms with van der Waals surface area (Å²) < 4.78 is 10.8. The third-order valence-corrected chi connectivity index (χ3v) is 4.38. The van der Waals surface area contributed by atoms with Crippen LogP contribution in [0.15, 0.2) is 72.8 Å². The number of para-hydroxylation sites is 1. The third-order valence-electron chi connectivity index (χ3n) is 3.93. The number of methoxy groups -OCH3 is 1. The fourth-order valence-corrected chi connectivity index (χ4v) is 2.77. The first kappa shape index (κ1) is 21.3. The van der Waals surface area contributed by atoms with Gasteiger partial charge in [-0.2, -0.15) is 0 Å². The van der Waals surface area contributed by atoms with E-state index in [-0.39, 0.29) is 0 Å². The average molecular weight is 441 g/mol. The number of nitrogens with one attached hydrogen (secondary N) is 3. The van der Waals surface area contributed by atoms with Gasteiger partial charge >= 0.3 is 5.97 Å². The maximum absolute atomic E-state index is 12.3. The highest BCUT2D eigenvalue weighted by molar-refractivity contribution is 7.80. The van der Waals surface area contributed by atoms with Gasteiger partial charge in [0.2, 0.25) is 5.11 Å². The number of hydrogen-bond acceptors (Lipinski definition) is 4. The summed E-state index contributed by atoms with van der Waals surface area (Å²) in [6.07, 6.45) is 1.70. The second-order valence-corrected chi connectivity index (χ2v) is 6.89. The quantitative estimate of drug-likeness (QED) is 0.180. The van der Waals surface area contributed by atoms with Crippen LogP contribution < -0.4 is 25.3 Å². The molecule has 6 nitrogen and oxygen atoms in total. The van der Waals surface area contributed by atoms with E-state index < -0.39 is 5.97 Å². The minimum atomic E-state index is -0.501. The summed E-state index contributed by atoms with van der Waals surface area (Å²) in [6.45, 7) is 0. The van der Waals surface area contributed by atoms with Crippen molar-refractivity contribution in [2.24, 2.45) is 0 Å². The van der Waals surface area contributed by atoms with E-state index >= 15 is 0 Å². The lowest BCUT2D eigenvalue weighted by atomic mass is 10.2. The van der Waals surface area contributed by atoms with Crippen molar-refractivity contribution in [1.82, 2.24) is 5.43 Å². The number of rotatable bonds is 6. The van der Waals surface area contributed by atoms with Gasteiger partial charge in [-0.05, 0) is 66.8 Å². The smallest absolute Gasteiger partial charge is 0.343 e. The van der Waals surface area contributed by atoms with Gasteiger partial charge in [0.05, 0.1) is 12.7 Å². The summed E-state index contributed by atoms with van der Waals surface area (Å²) >= 11 is 11.1. The maximum atomic E-state index is 12.3. The van der Waals surface area contributed by atoms with Crippen LogP contribution in [0.3, 0.4) is 0 Å². The third kappa shape index (κ3) is 6.04. The average Bonchev–Trinajstić information content (AvgIpc) is 2.75. The topological polar surface area (TPSA) is 73.6 Å². The van der Waals surface area contributed by atoms with Gasteiger partial charge in [-0.15, -0.1) is 10.5 Å². The monoisotopic (exact) mass is 440 g/mol. The van der Waals surface area contributed by atoms with E-state index in [0.717, 1.165) is 11.3 Å². The Morgan fingerprint density at radius 3 is 2.47 bits per heavy atom. The molecular weight excluding hydrogens is 422 g/mol. The Morgan fingerprint density at radius 2 is 1.77 bits per heavy atom. The molecule has 0 radical (unpaired) electrons. The molecular formula is C22H19ClN3O3S+. The van der Waals surface area contributed by atoms with Gasteiger partial charge in [-0.25, -0.2) is 4.79 Å². The Hall–Kier alpha value is -3.42. The molecule has 0 atom stereocenters. The summed E-state index contributed by atoms with van der Waals surface area (Å²) in [4.78, 5) is 12.3. The Bertz CT molecular complexity index is 1060. The SMILES string of the molecule is COc1cc(C=[NH+]NC(=S)Nc2ccccc2)ccc1OC(=O)c1ccc(Cl)cc1. The molecule has 3 rings (SSSR count). The van der Waals surface area contributed by atoms with Crippen LogP contribution in [0.2, 0.25) is 5.02 Å². The second kappa shape index (κ2) is 10.4. The Morgan fingerprint density at radius 1 is 1.03 bits per heavy atom. The molecule has 0 amide bonds. The van der Waals surface area contributed by atoms with Crippen LogP contribution in [-0.2, 0) is 0 Å². The van der Waals surface area contributed by atoms with E-state index in [2.05, 4.69) is 15.8 Å². The lowest BCUT2D eigenvalue weighted by Crippen LogP contribution is -2.82. The van der Waals surface area contributed by atoms with Gasteiger partial charge in [0.15, 0.2) is 17.7 Å². The minimum absolute atomic E-state index is 0.309. The predicted molar refractivity (Wildman–Crippen MR) is 121 cm³/mol. The minimum Gasteiger partial charge on any atom is -0.493 e. The lowest BCUT2D eigenvalue weighted by molar-refractivity contribution is -0.499. The molecule has 0 aliphatic heterocycles. The molecule has 0 spiro atoms. The predicted octanol–water partition coefficient (Wildman–Crippen LogP) is 2.97. The Kier molecular flexibility index (Phi) is 7.37. The molecule has 0 bridgehead atoms. The van der Waals surface area contributed by atoms with Crippen LogP contribution >= 0.6 is 23.8 Å². The number of ether oxygens (including phenoxy) is 2. The zero-order valence-corrected chi connectivity index (χ0v) is 17.6. The first-order valence-electron chi connectivity index (χ1n) is 8.92. The molecule has 0 unspecified atom stereocenters. The molecule has 0 fully saturated rings. The molecule has 8 heteroatoms. The van der Waals surface area contributed by atoms with Gasteiger partial charge in [0, 0.05) is 16.3 Å². The molecule has 0 saturated carbocycles. The molecule has 0 aliphatic carbocycles. The van der Waals surface area contributed by atoms with Crippen LogP contribution in [-0.4, -0.2) is 24.4 Å². The molecule has 3 aromatic carbocycles. The van der Waals surface area contributed by atoms with Crippen molar-refractivity contribution in [2.75, 3.05) is 12.4 Å². The fourth-order valence-electron chi connectivity index (χ4n) is 2.47. The maximum Gasteiger partial charge on any atom is 0.343 e. The van der Waals surface area contributed by atoms with Crippen molar-refractivity contribution in [3.63, 3.8) is 0 Å². The Balaban J connectivity index is 1.62. The lowest BCUT2D eigenvalue weighted by Gasteiger charge is -2.09. The number of esters is 1. The number of carbonyl (C=O) groups is 1. The number of benzene rings is 3. The van der Waals surface area contributed by atoms with Gasteiger partial charge in [0.1, 0.15) is 0 Å². The van der Waals surface area contributed by atoms with Gasteiger partial charge in [-0.1, -0.05) is 29.8 Å². The van der Waals surface area contributed by atoms with Crippen LogP contribution in [0.1, 0.15) is 15.9 Å². The van der Waals surface area contributed by atoms with Crippen LogP contribution in [0.5, 0.6) is 11.5 Å². The number of halogens is 1. The zero-order valence-electron chi connectivity index (χ0n) is 16.0. The van der Waals surface area contributed by atoms with Crippen LogP contribution in [0.25, 0.3) is 0 Å². The number of hydrazine groups is 1. The van der Waals surface area contributed by atoms with Crippen molar-refractivity contribution in [1.29, 1.82) is 0 Å². The van der Waals surface area contributed by atoms with Crippen molar-refractivity contribution in [3.8, 4) is 11.5 Å². The summed E-state index contributed by atoms with van der Waals surface area (Å²) in [5, 5.41) is 6.92. The van der Waals surface area contributed by atoms with E-state index in [1.54, 1.807) is 48.7 Å². The summed E-state index contributed by atoms with van der Waals surface area (Å²) in [7, 11) is 1.50. The molecule has 3 N–H and O–H groups in total. The van der Waals surface area contributed by atoms with Crippen molar-refractivity contribution in [3.05, 3.63) is 88.9 Å². The van der Waals surface area contributed by atoms with Crippen molar-refractivity contribution >= 4 is 46.8 Å². The largest absolute Gasteiger partial charge is 0.493 e. The molecule has 0 aromatic heterocycles. The summed E-state index contributed by atoms with van der Waals surface area (Å²) in [5.74, 6) is 0.223. The van der Waals surface area contributed by atoms with E-state index in [1.807, 2.05) is 30.3 Å². The number of hydrazone groups is 1. The molecule has 0 saturated heterocycles. The molecule has 0 heterocycles. The van der Waals surface area contributed by atoms with E-state index in [1.165, 1.54) is 7.11 Å². The number of anilines is 1. The van der Waals surface area contributed by atoms with Crippen LogP contribution in [0, 0.1) is 0 Å². The highest BCUT2D eigenvalue weighted by atomic mass is 35.5. The van der Waals surface area contributed by atoms with E-state index in [4.69, 9.17) is 33.3 Å².